The molecule has 0 radical (unpaired) electrons. The van der Waals surface area contributed by atoms with Crippen molar-refractivity contribution in [2.45, 2.75) is 32.3 Å². The fourth-order valence-corrected chi connectivity index (χ4v) is 5.26. The maximum Gasteiger partial charge on any atom is 0.223 e. The SMILES string of the molecule is [2H]C(NC([2H])([2H])[2H])c1ccc(-n2cc(-c3nc(NC4CCN(S(=O)(=O)CC)CC4)ncc3C#N)cn2)c(Cl)c1. The van der Waals surface area contributed by atoms with Crippen LogP contribution in [0.4, 0.5) is 5.95 Å². The first-order valence-corrected chi connectivity index (χ1v) is 12.9. The molecular formula is C23H27ClN8O2S. The second-order valence-electron chi connectivity index (χ2n) is 7.96. The zero-order valence-corrected chi connectivity index (χ0v) is 20.5. The lowest BCUT2D eigenvalue weighted by Gasteiger charge is -2.31. The van der Waals surface area contributed by atoms with Crippen LogP contribution in [0.2, 0.25) is 5.02 Å². The molecule has 0 spiro atoms. The van der Waals surface area contributed by atoms with Crippen molar-refractivity contribution in [3.8, 4) is 23.0 Å². The molecule has 184 valence electrons. The summed E-state index contributed by atoms with van der Waals surface area (Å²) in [7, 11) is -3.22. The van der Waals surface area contributed by atoms with Gasteiger partial charge in [0.15, 0.2) is 0 Å². The van der Waals surface area contributed by atoms with E-state index in [9.17, 15) is 13.7 Å². The summed E-state index contributed by atoms with van der Waals surface area (Å²) in [6.45, 7) is -1.20. The van der Waals surface area contributed by atoms with E-state index in [0.717, 1.165) is 0 Å². The number of halogens is 1. The molecule has 1 aliphatic heterocycles. The van der Waals surface area contributed by atoms with Crippen LogP contribution in [0.25, 0.3) is 16.9 Å². The molecule has 1 saturated heterocycles. The number of hydrogen-bond acceptors (Lipinski definition) is 8. The van der Waals surface area contributed by atoms with Crippen LogP contribution in [0.15, 0.2) is 36.8 Å². The topological polar surface area (TPSA) is 129 Å². The quantitative estimate of drug-likeness (QED) is 0.465. The lowest BCUT2D eigenvalue weighted by Crippen LogP contribution is -2.43. The summed E-state index contributed by atoms with van der Waals surface area (Å²) < 4.78 is 57.1. The van der Waals surface area contributed by atoms with Crippen molar-refractivity contribution in [1.29, 1.82) is 5.26 Å². The molecule has 1 aromatic carbocycles. The average molecular weight is 519 g/mol. The number of sulfonamides is 1. The van der Waals surface area contributed by atoms with Gasteiger partial charge in [-0.05, 0) is 44.4 Å². The molecule has 0 bridgehead atoms. The largest absolute Gasteiger partial charge is 0.351 e. The molecule has 1 aliphatic rings. The lowest BCUT2D eigenvalue weighted by atomic mass is 10.1. The van der Waals surface area contributed by atoms with Gasteiger partial charge >= 0.3 is 0 Å². The highest BCUT2D eigenvalue weighted by atomic mass is 35.5. The molecule has 1 unspecified atom stereocenters. The predicted molar refractivity (Wildman–Crippen MR) is 135 cm³/mol. The van der Waals surface area contributed by atoms with Gasteiger partial charge in [0.1, 0.15) is 6.07 Å². The van der Waals surface area contributed by atoms with Crippen LogP contribution >= 0.6 is 11.6 Å². The van der Waals surface area contributed by atoms with Crippen LogP contribution in [-0.2, 0) is 16.5 Å². The summed E-state index contributed by atoms with van der Waals surface area (Å²) >= 11 is 6.43. The second kappa shape index (κ2) is 10.7. The molecule has 0 amide bonds. The Morgan fingerprint density at radius 1 is 1.34 bits per heavy atom. The standard InChI is InChI=1S/C23H27ClN8O2S/c1-3-35(33,34)31-8-6-19(7-9-31)29-23-27-13-17(11-25)22(30-23)18-14-28-32(15-18)21-5-4-16(12-26-2)10-20(21)24/h4-5,10,13-15,19,26H,3,6-9,12H2,1-2H3,(H,27,29,30)/i2D3,12D. The average Bonchev–Trinajstić information content (AvgIpc) is 3.38. The zero-order valence-electron chi connectivity index (χ0n) is 22.9. The number of hydrogen-bond donors (Lipinski definition) is 2. The Morgan fingerprint density at radius 2 is 2.14 bits per heavy atom. The van der Waals surface area contributed by atoms with Gasteiger partial charge in [-0.3, -0.25) is 0 Å². The van der Waals surface area contributed by atoms with Crippen molar-refractivity contribution in [3.63, 3.8) is 0 Å². The summed E-state index contributed by atoms with van der Waals surface area (Å²) in [6.07, 6.45) is 5.82. The van der Waals surface area contributed by atoms with Gasteiger partial charge < -0.3 is 10.6 Å². The molecule has 12 heteroatoms. The molecule has 10 nitrogen and oxygen atoms in total. The Labute approximate surface area is 215 Å². The third-order valence-electron chi connectivity index (χ3n) is 5.77. The number of rotatable bonds is 8. The first kappa shape index (κ1) is 20.2. The number of piperidine rings is 1. The number of anilines is 1. The van der Waals surface area contributed by atoms with E-state index in [1.165, 1.54) is 27.4 Å². The van der Waals surface area contributed by atoms with Crippen LogP contribution in [0.5, 0.6) is 0 Å². The van der Waals surface area contributed by atoms with Crippen molar-refractivity contribution in [2.24, 2.45) is 0 Å². The fourth-order valence-electron chi connectivity index (χ4n) is 3.86. The van der Waals surface area contributed by atoms with E-state index in [2.05, 4.69) is 31.8 Å². The van der Waals surface area contributed by atoms with Crippen molar-refractivity contribution < 1.29 is 13.9 Å². The molecule has 2 N–H and O–H groups in total. The van der Waals surface area contributed by atoms with E-state index in [0.29, 0.717) is 54.4 Å². The monoisotopic (exact) mass is 518 g/mol. The summed E-state index contributed by atoms with van der Waals surface area (Å²) in [5.74, 6) is 0.391. The minimum atomic E-state index is -3.22. The number of benzene rings is 1. The van der Waals surface area contributed by atoms with Crippen molar-refractivity contribution >= 4 is 27.6 Å². The highest BCUT2D eigenvalue weighted by Gasteiger charge is 2.27. The maximum absolute atomic E-state index is 12.1. The van der Waals surface area contributed by atoms with Gasteiger partial charge in [-0.15, -0.1) is 0 Å². The van der Waals surface area contributed by atoms with E-state index in [-0.39, 0.29) is 22.4 Å². The Morgan fingerprint density at radius 3 is 2.83 bits per heavy atom. The smallest absolute Gasteiger partial charge is 0.223 e. The lowest BCUT2D eigenvalue weighted by molar-refractivity contribution is 0.329. The van der Waals surface area contributed by atoms with Gasteiger partial charge in [0.2, 0.25) is 16.0 Å². The van der Waals surface area contributed by atoms with Crippen LogP contribution < -0.4 is 10.6 Å². The highest BCUT2D eigenvalue weighted by Crippen LogP contribution is 2.27. The second-order valence-corrected chi connectivity index (χ2v) is 10.6. The van der Waals surface area contributed by atoms with Crippen molar-refractivity contribution in [3.05, 3.63) is 52.9 Å². The molecular weight excluding hydrogens is 488 g/mol. The number of nitrogens with one attached hydrogen (secondary N) is 2. The van der Waals surface area contributed by atoms with Crippen molar-refractivity contribution in [2.75, 3.05) is 31.1 Å². The molecule has 1 atom stereocenters. The summed E-state index contributed by atoms with van der Waals surface area (Å²) in [6, 6.07) is 6.78. The van der Waals surface area contributed by atoms with Gasteiger partial charge in [0, 0.05) is 42.9 Å². The normalized spacial score (nSPS) is 18.1. The van der Waals surface area contributed by atoms with E-state index in [1.807, 2.05) is 0 Å². The zero-order chi connectivity index (χ0) is 28.4. The van der Waals surface area contributed by atoms with E-state index in [1.54, 1.807) is 25.3 Å². The first-order chi connectivity index (χ1) is 18.4. The van der Waals surface area contributed by atoms with Gasteiger partial charge in [0.05, 0.1) is 40.1 Å². The minimum Gasteiger partial charge on any atom is -0.351 e. The predicted octanol–water partition coefficient (Wildman–Crippen LogP) is 2.80. The summed E-state index contributed by atoms with van der Waals surface area (Å²) in [5.41, 5.74) is 2.03. The fraction of sp³-hybridized carbons (Fsp3) is 0.391. The van der Waals surface area contributed by atoms with Gasteiger partial charge in [-0.25, -0.2) is 27.4 Å². The van der Waals surface area contributed by atoms with Crippen molar-refractivity contribution in [1.82, 2.24) is 29.4 Å². The number of nitriles is 1. The minimum absolute atomic E-state index is 0.0187. The van der Waals surface area contributed by atoms with E-state index in [4.69, 9.17) is 17.1 Å². The van der Waals surface area contributed by atoms with E-state index >= 15 is 0 Å². The molecule has 0 aliphatic carbocycles. The third-order valence-corrected chi connectivity index (χ3v) is 7.95. The Hall–Kier alpha value is -3.04. The number of aromatic nitrogens is 4. The third kappa shape index (κ3) is 5.62. The van der Waals surface area contributed by atoms with Gasteiger partial charge in [-0.2, -0.15) is 10.4 Å². The Bertz CT molecular complexity index is 1480. The summed E-state index contributed by atoms with van der Waals surface area (Å²) in [4.78, 5) is 8.80. The molecule has 35 heavy (non-hydrogen) atoms. The molecule has 1 fully saturated rings. The van der Waals surface area contributed by atoms with Crippen LogP contribution in [-0.4, -0.2) is 64.3 Å². The number of nitrogens with zero attached hydrogens (tertiary/aromatic N) is 6. The summed E-state index contributed by atoms with van der Waals surface area (Å²) in [5, 5.41) is 19.7. The van der Waals surface area contributed by atoms with Crippen LogP contribution in [0.1, 0.15) is 36.4 Å². The highest BCUT2D eigenvalue weighted by molar-refractivity contribution is 7.89. The molecule has 3 aromatic rings. The van der Waals surface area contributed by atoms with Gasteiger partial charge in [0.25, 0.3) is 0 Å². The van der Waals surface area contributed by atoms with Crippen LogP contribution in [0.3, 0.4) is 0 Å². The Balaban J connectivity index is 1.52. The Kier molecular flexibility index (Phi) is 6.17. The molecule has 3 heterocycles. The molecule has 0 saturated carbocycles. The van der Waals surface area contributed by atoms with Gasteiger partial charge in [-0.1, -0.05) is 17.7 Å². The molecule has 2 aromatic heterocycles. The first-order valence-electron chi connectivity index (χ1n) is 13.0. The van der Waals surface area contributed by atoms with Crippen LogP contribution in [0, 0.1) is 11.3 Å². The maximum atomic E-state index is 12.1. The van der Waals surface area contributed by atoms with E-state index < -0.39 is 23.5 Å². The molecule has 4 rings (SSSR count).